The van der Waals surface area contributed by atoms with E-state index in [1.165, 1.54) is 6.07 Å². The van der Waals surface area contributed by atoms with Gasteiger partial charge in [-0.1, -0.05) is 6.07 Å². The van der Waals surface area contributed by atoms with Gasteiger partial charge in [-0.25, -0.2) is 8.60 Å². The summed E-state index contributed by atoms with van der Waals surface area (Å²) in [6, 6.07) is 4.79. The molecule has 1 saturated heterocycles. The van der Waals surface area contributed by atoms with E-state index in [0.29, 0.717) is 29.2 Å². The lowest BCUT2D eigenvalue weighted by Crippen LogP contribution is -2.25. The molecule has 0 atom stereocenters. The highest BCUT2D eigenvalue weighted by atomic mass is 79.9. The number of rotatable bonds is 1. The van der Waals surface area contributed by atoms with Gasteiger partial charge in [-0.05, 0) is 28.1 Å². The van der Waals surface area contributed by atoms with E-state index in [0.717, 1.165) is 0 Å². The predicted molar refractivity (Wildman–Crippen MR) is 64.9 cm³/mol. The maximum atomic E-state index is 13.6. The van der Waals surface area contributed by atoms with Crippen molar-refractivity contribution in [2.24, 2.45) is 4.36 Å². The van der Waals surface area contributed by atoms with Crippen LogP contribution in [0.3, 0.4) is 0 Å². The molecule has 1 heterocycles. The highest BCUT2D eigenvalue weighted by Crippen LogP contribution is 2.26. The van der Waals surface area contributed by atoms with Crippen LogP contribution in [0.15, 0.2) is 27.0 Å². The zero-order chi connectivity index (χ0) is 11.6. The van der Waals surface area contributed by atoms with Crippen molar-refractivity contribution in [3.8, 4) is 0 Å². The molecule has 88 valence electrons. The molecule has 0 aliphatic carbocycles. The molecule has 0 aromatic heterocycles. The van der Waals surface area contributed by atoms with E-state index in [9.17, 15) is 8.60 Å². The first-order valence-corrected chi connectivity index (χ1v) is 7.50. The summed E-state index contributed by atoms with van der Waals surface area (Å²) in [6.07, 6.45) is 0. The second-order valence-electron chi connectivity index (χ2n) is 3.46. The lowest BCUT2D eigenvalue weighted by atomic mass is 10.3. The van der Waals surface area contributed by atoms with Crippen LogP contribution >= 0.6 is 15.9 Å². The minimum absolute atomic E-state index is 0.154. The van der Waals surface area contributed by atoms with Crippen molar-refractivity contribution in [3.63, 3.8) is 0 Å². The third-order valence-corrected chi connectivity index (χ3v) is 5.04. The first-order valence-electron chi connectivity index (χ1n) is 4.85. The Kier molecular flexibility index (Phi) is 3.61. The van der Waals surface area contributed by atoms with Crippen LogP contribution in [0.4, 0.5) is 10.1 Å². The molecule has 0 bridgehead atoms. The molecule has 6 heteroatoms. The van der Waals surface area contributed by atoms with Crippen LogP contribution in [0.25, 0.3) is 0 Å². The molecule has 1 aliphatic rings. The van der Waals surface area contributed by atoms with Crippen LogP contribution in [0.1, 0.15) is 0 Å². The van der Waals surface area contributed by atoms with Gasteiger partial charge in [0.2, 0.25) is 0 Å². The van der Waals surface area contributed by atoms with E-state index in [1.807, 2.05) is 0 Å². The predicted octanol–water partition coefficient (Wildman–Crippen LogP) is 2.72. The maximum Gasteiger partial charge on any atom is 0.163 e. The highest BCUT2D eigenvalue weighted by molar-refractivity contribution is 9.10. The Bertz CT molecular complexity index is 500. The molecule has 2 rings (SSSR count). The van der Waals surface area contributed by atoms with E-state index in [4.69, 9.17) is 4.74 Å². The summed E-state index contributed by atoms with van der Waals surface area (Å²) in [4.78, 5) is 0. The molecule has 0 spiro atoms. The van der Waals surface area contributed by atoms with Crippen molar-refractivity contribution in [1.82, 2.24) is 0 Å². The van der Waals surface area contributed by atoms with Crippen molar-refractivity contribution >= 4 is 31.3 Å². The number of halogens is 2. The topological polar surface area (TPSA) is 38.7 Å². The molecular weight excluding hydrogens is 297 g/mol. The molecule has 1 aromatic rings. The Balaban J connectivity index is 2.42. The van der Waals surface area contributed by atoms with Gasteiger partial charge < -0.3 is 4.74 Å². The number of ether oxygens (including phenoxy) is 1. The van der Waals surface area contributed by atoms with Crippen LogP contribution < -0.4 is 0 Å². The van der Waals surface area contributed by atoms with Crippen LogP contribution in [-0.2, 0) is 14.5 Å². The summed E-state index contributed by atoms with van der Waals surface area (Å²) in [5, 5.41) is 0. The fraction of sp³-hybridized carbons (Fsp3) is 0.400. The Morgan fingerprint density at radius 2 is 2.06 bits per heavy atom. The zero-order valence-corrected chi connectivity index (χ0v) is 10.9. The van der Waals surface area contributed by atoms with Gasteiger partial charge in [0.15, 0.2) is 5.82 Å². The van der Waals surface area contributed by atoms with E-state index in [2.05, 4.69) is 20.3 Å². The van der Waals surface area contributed by atoms with E-state index in [1.54, 1.807) is 12.1 Å². The normalized spacial score (nSPS) is 19.4. The van der Waals surface area contributed by atoms with E-state index < -0.39 is 15.5 Å². The van der Waals surface area contributed by atoms with Gasteiger partial charge in [0.05, 0.1) is 38.9 Å². The third-order valence-electron chi connectivity index (χ3n) is 2.29. The fourth-order valence-corrected chi connectivity index (χ4v) is 3.41. The molecule has 1 aromatic carbocycles. The van der Waals surface area contributed by atoms with Gasteiger partial charge in [-0.3, -0.25) is 0 Å². The molecule has 0 radical (unpaired) electrons. The van der Waals surface area contributed by atoms with Crippen molar-refractivity contribution in [3.05, 3.63) is 28.5 Å². The number of nitrogens with zero attached hydrogens (tertiary/aromatic N) is 1. The number of hydrogen-bond acceptors (Lipinski definition) is 3. The second kappa shape index (κ2) is 4.81. The average Bonchev–Trinajstić information content (AvgIpc) is 2.26. The van der Waals surface area contributed by atoms with Crippen molar-refractivity contribution in [2.75, 3.05) is 24.7 Å². The average molecular weight is 308 g/mol. The van der Waals surface area contributed by atoms with Gasteiger partial charge in [0.25, 0.3) is 0 Å². The number of benzene rings is 1. The van der Waals surface area contributed by atoms with Crippen molar-refractivity contribution in [2.45, 2.75) is 0 Å². The van der Waals surface area contributed by atoms with Gasteiger partial charge in [-0.15, -0.1) is 0 Å². The minimum Gasteiger partial charge on any atom is -0.379 e. The first kappa shape index (κ1) is 12.0. The second-order valence-corrected chi connectivity index (χ2v) is 6.86. The standard InChI is InChI=1S/C10H11BrFNO2S/c11-8-2-1-3-9(10(8)12)13-16(14)6-4-15-5-7-16/h1-3H,4-7H2. The molecule has 1 fully saturated rings. The van der Waals surface area contributed by atoms with Gasteiger partial charge in [0.1, 0.15) is 5.69 Å². The van der Waals surface area contributed by atoms with Gasteiger partial charge in [-0.2, -0.15) is 4.36 Å². The zero-order valence-electron chi connectivity index (χ0n) is 8.49. The van der Waals surface area contributed by atoms with E-state index >= 15 is 0 Å². The summed E-state index contributed by atoms with van der Waals surface area (Å²) in [6.45, 7) is 0.857. The minimum atomic E-state index is -2.34. The molecule has 1 aliphatic heterocycles. The van der Waals surface area contributed by atoms with E-state index in [-0.39, 0.29) is 5.69 Å². The first-order chi connectivity index (χ1) is 7.61. The van der Waals surface area contributed by atoms with Gasteiger partial charge >= 0.3 is 0 Å². The SMILES string of the molecule is O=S1(=Nc2cccc(Br)c2F)CCOCC1. The summed E-state index contributed by atoms with van der Waals surface area (Å²) in [7, 11) is -2.34. The highest BCUT2D eigenvalue weighted by Gasteiger charge is 2.16. The third kappa shape index (κ3) is 2.61. The Morgan fingerprint density at radius 1 is 1.38 bits per heavy atom. The van der Waals surface area contributed by atoms with Crippen LogP contribution in [0.2, 0.25) is 0 Å². The van der Waals surface area contributed by atoms with Crippen LogP contribution in [0.5, 0.6) is 0 Å². The monoisotopic (exact) mass is 307 g/mol. The molecule has 0 unspecified atom stereocenters. The van der Waals surface area contributed by atoms with Crippen molar-refractivity contribution in [1.29, 1.82) is 0 Å². The van der Waals surface area contributed by atoms with Crippen LogP contribution in [0, 0.1) is 5.82 Å². The quantitative estimate of drug-likeness (QED) is 0.800. The summed E-state index contributed by atoms with van der Waals surface area (Å²) in [5.74, 6) is 0.287. The summed E-state index contributed by atoms with van der Waals surface area (Å²) >= 11 is 3.08. The summed E-state index contributed by atoms with van der Waals surface area (Å²) in [5.41, 5.74) is 0.154. The maximum absolute atomic E-state index is 13.6. The smallest absolute Gasteiger partial charge is 0.163 e. The molecule has 0 amide bonds. The molecular formula is C10H11BrFNO2S. The number of hydrogen-bond donors (Lipinski definition) is 0. The fourth-order valence-electron chi connectivity index (χ4n) is 1.42. The molecule has 16 heavy (non-hydrogen) atoms. The molecule has 3 nitrogen and oxygen atoms in total. The molecule has 0 N–H and O–H groups in total. The van der Waals surface area contributed by atoms with Crippen molar-refractivity contribution < 1.29 is 13.3 Å². The Labute approximate surface area is 102 Å². The summed E-state index contributed by atoms with van der Waals surface area (Å²) < 4.78 is 35.3. The molecule has 0 saturated carbocycles. The Morgan fingerprint density at radius 3 is 2.75 bits per heavy atom. The van der Waals surface area contributed by atoms with Gasteiger partial charge in [0, 0.05) is 0 Å². The largest absolute Gasteiger partial charge is 0.379 e. The lowest BCUT2D eigenvalue weighted by Gasteiger charge is -2.16. The Hall–Kier alpha value is -0.460. The lowest BCUT2D eigenvalue weighted by molar-refractivity contribution is 0.158. The van der Waals surface area contributed by atoms with Crippen LogP contribution in [-0.4, -0.2) is 28.9 Å².